The van der Waals surface area contributed by atoms with Gasteiger partial charge in [0.2, 0.25) is 0 Å². The zero-order chi connectivity index (χ0) is 9.84. The molecule has 0 aliphatic carbocycles. The maximum atomic E-state index is 12.1. The molecule has 0 aliphatic heterocycles. The van der Waals surface area contributed by atoms with Gasteiger partial charge >= 0.3 is 0 Å². The Morgan fingerprint density at radius 1 is 1.21 bits per heavy atom. The summed E-state index contributed by atoms with van der Waals surface area (Å²) in [4.78, 5) is 0. The number of alkyl halides is 2. The molecular weight excluding hydrogens is 210 g/mol. The number of hydrogen-bond acceptors (Lipinski definition) is 2. The lowest BCUT2D eigenvalue weighted by molar-refractivity contribution is 0.116. The minimum Gasteiger partial charge on any atom is -0.319 e. The number of halogens is 3. The molecule has 2 nitrogen and oxygen atoms in total. The Labute approximate surface area is 86.7 Å². The van der Waals surface area contributed by atoms with Crippen LogP contribution in [0, 0.1) is 11.3 Å². The molecule has 0 saturated carbocycles. The van der Waals surface area contributed by atoms with Crippen LogP contribution in [0.3, 0.4) is 0 Å². The van der Waals surface area contributed by atoms with Crippen LogP contribution in [-0.2, 0) is 0 Å². The van der Waals surface area contributed by atoms with Crippen molar-refractivity contribution >= 4 is 12.4 Å². The van der Waals surface area contributed by atoms with Crippen LogP contribution in [0.2, 0.25) is 0 Å². The average molecular weight is 219 g/mol. The molecule has 0 aromatic heterocycles. The van der Waals surface area contributed by atoms with Gasteiger partial charge in [0.25, 0.3) is 6.43 Å². The highest BCUT2D eigenvalue weighted by molar-refractivity contribution is 5.85. The molecule has 14 heavy (non-hydrogen) atoms. The zero-order valence-electron chi connectivity index (χ0n) is 7.15. The normalized spacial score (nSPS) is 11.6. The van der Waals surface area contributed by atoms with E-state index in [-0.39, 0.29) is 12.4 Å². The maximum Gasteiger partial charge on any atom is 0.257 e. The first-order chi connectivity index (χ1) is 6.15. The molecule has 1 aromatic rings. The third-order valence-electron chi connectivity index (χ3n) is 1.70. The Balaban J connectivity index is 0.00000169. The van der Waals surface area contributed by atoms with E-state index in [9.17, 15) is 8.78 Å². The van der Waals surface area contributed by atoms with Crippen molar-refractivity contribution in [2.24, 2.45) is 5.73 Å². The molecule has 0 amide bonds. The molecular formula is C9H9ClF2N2. The molecule has 1 atom stereocenters. The molecule has 0 radical (unpaired) electrons. The van der Waals surface area contributed by atoms with E-state index in [4.69, 9.17) is 11.0 Å². The number of nitriles is 1. The number of rotatable bonds is 2. The van der Waals surface area contributed by atoms with Crippen molar-refractivity contribution in [3.8, 4) is 6.07 Å². The Bertz CT molecular complexity index is 319. The van der Waals surface area contributed by atoms with E-state index in [1.54, 1.807) is 0 Å². The molecule has 0 spiro atoms. The summed E-state index contributed by atoms with van der Waals surface area (Å²) in [5, 5.41) is 8.45. The van der Waals surface area contributed by atoms with Crippen LogP contribution in [0.5, 0.6) is 0 Å². The van der Waals surface area contributed by atoms with Crippen molar-refractivity contribution in [1.29, 1.82) is 5.26 Å². The van der Waals surface area contributed by atoms with Gasteiger partial charge in [-0.15, -0.1) is 12.4 Å². The van der Waals surface area contributed by atoms with E-state index in [0.29, 0.717) is 11.1 Å². The van der Waals surface area contributed by atoms with E-state index in [1.165, 1.54) is 24.3 Å². The summed E-state index contributed by atoms with van der Waals surface area (Å²) in [5.74, 6) is 0. The van der Waals surface area contributed by atoms with Gasteiger partial charge in [-0.25, -0.2) is 8.78 Å². The fourth-order valence-corrected chi connectivity index (χ4v) is 0.925. The predicted octanol–water partition coefficient (Wildman–Crippen LogP) is 2.24. The maximum absolute atomic E-state index is 12.1. The summed E-state index contributed by atoms with van der Waals surface area (Å²) < 4.78 is 24.2. The molecule has 0 bridgehead atoms. The van der Waals surface area contributed by atoms with E-state index < -0.39 is 12.5 Å². The fraction of sp³-hybridized carbons (Fsp3) is 0.222. The number of hydrogen-bond donors (Lipinski definition) is 1. The molecule has 0 saturated heterocycles. The van der Waals surface area contributed by atoms with E-state index in [0.717, 1.165) is 0 Å². The Morgan fingerprint density at radius 2 is 1.71 bits per heavy atom. The minimum absolute atomic E-state index is 0. The SMILES string of the molecule is Cl.N#Cc1ccc([C@H](N)C(F)F)cc1. The quantitative estimate of drug-likeness (QED) is 0.828. The van der Waals surface area contributed by atoms with Crippen molar-refractivity contribution in [2.75, 3.05) is 0 Å². The van der Waals surface area contributed by atoms with Gasteiger partial charge in [0.15, 0.2) is 0 Å². The number of nitrogens with two attached hydrogens (primary N) is 1. The summed E-state index contributed by atoms with van der Waals surface area (Å²) in [5.41, 5.74) is 5.97. The molecule has 0 fully saturated rings. The molecule has 0 unspecified atom stereocenters. The van der Waals surface area contributed by atoms with Gasteiger partial charge in [-0.2, -0.15) is 5.26 Å². The zero-order valence-corrected chi connectivity index (χ0v) is 7.97. The van der Waals surface area contributed by atoms with Crippen molar-refractivity contribution in [1.82, 2.24) is 0 Å². The van der Waals surface area contributed by atoms with Gasteiger partial charge in [0.1, 0.15) is 0 Å². The first kappa shape index (κ1) is 12.8. The predicted molar refractivity (Wildman–Crippen MR) is 51.3 cm³/mol. The highest BCUT2D eigenvalue weighted by atomic mass is 35.5. The van der Waals surface area contributed by atoms with Crippen molar-refractivity contribution in [3.05, 3.63) is 35.4 Å². The molecule has 5 heteroatoms. The third-order valence-corrected chi connectivity index (χ3v) is 1.70. The Kier molecular flexibility index (Phi) is 5.06. The van der Waals surface area contributed by atoms with E-state index in [1.807, 2.05) is 6.07 Å². The van der Waals surface area contributed by atoms with Crippen LogP contribution in [0.4, 0.5) is 8.78 Å². The van der Waals surface area contributed by atoms with Crippen molar-refractivity contribution in [2.45, 2.75) is 12.5 Å². The van der Waals surface area contributed by atoms with E-state index in [2.05, 4.69) is 0 Å². The summed E-state index contributed by atoms with van der Waals surface area (Å²) in [6.07, 6.45) is -2.58. The van der Waals surface area contributed by atoms with Crippen LogP contribution in [0.15, 0.2) is 24.3 Å². The molecule has 0 heterocycles. The standard InChI is InChI=1S/C9H8F2N2.ClH/c10-9(11)8(13)7-3-1-6(5-12)2-4-7;/h1-4,8-9H,13H2;1H/t8-;/m0./s1. The summed E-state index contributed by atoms with van der Waals surface area (Å²) in [7, 11) is 0. The average Bonchev–Trinajstić information content (AvgIpc) is 2.17. The van der Waals surface area contributed by atoms with Gasteiger partial charge in [-0.05, 0) is 17.7 Å². The van der Waals surface area contributed by atoms with Crippen LogP contribution in [-0.4, -0.2) is 6.43 Å². The molecule has 0 aliphatic rings. The van der Waals surface area contributed by atoms with Crippen molar-refractivity contribution < 1.29 is 8.78 Å². The second-order valence-corrected chi connectivity index (χ2v) is 2.59. The highest BCUT2D eigenvalue weighted by Gasteiger charge is 2.16. The van der Waals surface area contributed by atoms with Crippen LogP contribution in [0.1, 0.15) is 17.2 Å². The van der Waals surface area contributed by atoms with Gasteiger partial charge in [0, 0.05) is 0 Å². The summed E-state index contributed by atoms with van der Waals surface area (Å²) in [6.45, 7) is 0. The first-order valence-corrected chi connectivity index (χ1v) is 3.69. The lowest BCUT2D eigenvalue weighted by atomic mass is 10.1. The molecule has 2 N–H and O–H groups in total. The smallest absolute Gasteiger partial charge is 0.257 e. The van der Waals surface area contributed by atoms with E-state index >= 15 is 0 Å². The Morgan fingerprint density at radius 3 is 2.07 bits per heavy atom. The largest absolute Gasteiger partial charge is 0.319 e. The second kappa shape index (κ2) is 5.53. The lowest BCUT2D eigenvalue weighted by Crippen LogP contribution is -2.18. The lowest BCUT2D eigenvalue weighted by Gasteiger charge is -2.09. The first-order valence-electron chi connectivity index (χ1n) is 3.69. The van der Waals surface area contributed by atoms with Crippen LogP contribution < -0.4 is 5.73 Å². The van der Waals surface area contributed by atoms with Crippen LogP contribution in [0.25, 0.3) is 0 Å². The summed E-state index contributed by atoms with van der Waals surface area (Å²) in [6, 6.07) is 6.44. The van der Waals surface area contributed by atoms with Gasteiger partial charge in [-0.3, -0.25) is 0 Å². The number of benzene rings is 1. The van der Waals surface area contributed by atoms with Crippen LogP contribution >= 0.6 is 12.4 Å². The monoisotopic (exact) mass is 218 g/mol. The van der Waals surface area contributed by atoms with Crippen molar-refractivity contribution in [3.63, 3.8) is 0 Å². The minimum atomic E-state index is -2.58. The second-order valence-electron chi connectivity index (χ2n) is 2.59. The summed E-state index contributed by atoms with van der Waals surface area (Å²) >= 11 is 0. The topological polar surface area (TPSA) is 49.8 Å². The van der Waals surface area contributed by atoms with Gasteiger partial charge < -0.3 is 5.73 Å². The molecule has 1 aromatic carbocycles. The third kappa shape index (κ3) is 2.95. The Hall–Kier alpha value is -1.18. The van der Waals surface area contributed by atoms with Gasteiger partial charge in [0.05, 0.1) is 17.7 Å². The fourth-order valence-electron chi connectivity index (χ4n) is 0.925. The highest BCUT2D eigenvalue weighted by Crippen LogP contribution is 2.17. The molecule has 1 rings (SSSR count). The molecule has 76 valence electrons. The number of nitrogens with zero attached hydrogens (tertiary/aromatic N) is 1. The van der Waals surface area contributed by atoms with Gasteiger partial charge in [-0.1, -0.05) is 12.1 Å².